The molecule has 23 heavy (non-hydrogen) atoms. The summed E-state index contributed by atoms with van der Waals surface area (Å²) in [5, 5.41) is 4.44. The number of benzene rings is 2. The Balaban J connectivity index is 1.51. The van der Waals surface area contributed by atoms with Gasteiger partial charge in [0.2, 0.25) is 5.95 Å². The van der Waals surface area contributed by atoms with E-state index in [1.165, 1.54) is 10.9 Å². The van der Waals surface area contributed by atoms with Gasteiger partial charge in [0.15, 0.2) is 0 Å². The van der Waals surface area contributed by atoms with Crippen LogP contribution in [0.2, 0.25) is 0 Å². The average Bonchev–Trinajstić information content (AvgIpc) is 3.09. The molecule has 0 atom stereocenters. The monoisotopic (exact) mass is 300 g/mol. The molecule has 2 heterocycles. The van der Waals surface area contributed by atoms with Gasteiger partial charge >= 0.3 is 0 Å². The van der Waals surface area contributed by atoms with Crippen LogP contribution in [0.4, 0.5) is 5.95 Å². The van der Waals surface area contributed by atoms with Crippen LogP contribution >= 0.6 is 0 Å². The molecule has 112 valence electrons. The van der Waals surface area contributed by atoms with Crippen molar-refractivity contribution in [1.29, 1.82) is 0 Å². The van der Waals surface area contributed by atoms with E-state index in [1.54, 1.807) is 0 Å². The van der Waals surface area contributed by atoms with E-state index in [0.29, 0.717) is 12.5 Å². The van der Waals surface area contributed by atoms with Gasteiger partial charge in [-0.05, 0) is 28.6 Å². The zero-order valence-corrected chi connectivity index (χ0v) is 12.5. The summed E-state index contributed by atoms with van der Waals surface area (Å²) in [4.78, 5) is 12.0. The summed E-state index contributed by atoms with van der Waals surface area (Å²) >= 11 is 0. The van der Waals surface area contributed by atoms with Gasteiger partial charge in [0, 0.05) is 36.2 Å². The van der Waals surface area contributed by atoms with Gasteiger partial charge in [-0.25, -0.2) is 9.97 Å². The minimum Gasteiger partial charge on any atom is -0.361 e. The second-order valence-electron chi connectivity index (χ2n) is 5.41. The first-order chi connectivity index (χ1) is 11.4. The molecule has 0 aliphatic heterocycles. The van der Waals surface area contributed by atoms with Gasteiger partial charge in [-0.3, -0.25) is 0 Å². The van der Waals surface area contributed by atoms with Crippen LogP contribution in [-0.2, 0) is 6.54 Å². The lowest BCUT2D eigenvalue weighted by atomic mass is 10.1. The van der Waals surface area contributed by atoms with Crippen molar-refractivity contribution < 1.29 is 0 Å². The molecular formula is C19H16N4. The summed E-state index contributed by atoms with van der Waals surface area (Å²) in [5.41, 5.74) is 4.44. The summed E-state index contributed by atoms with van der Waals surface area (Å²) in [6, 6.07) is 18.6. The fourth-order valence-electron chi connectivity index (χ4n) is 2.57. The third kappa shape index (κ3) is 2.92. The Labute approximate surface area is 134 Å². The van der Waals surface area contributed by atoms with E-state index in [4.69, 9.17) is 0 Å². The molecule has 4 heteroatoms. The highest BCUT2D eigenvalue weighted by atomic mass is 15.1. The summed E-state index contributed by atoms with van der Waals surface area (Å²) in [6.07, 6.45) is 5.65. The summed E-state index contributed by atoms with van der Waals surface area (Å²) in [6.45, 7) is 0.717. The maximum absolute atomic E-state index is 4.41. The molecule has 0 aliphatic carbocycles. The normalized spacial score (nSPS) is 10.8. The predicted octanol–water partition coefficient (Wildman–Crippen LogP) is 4.24. The van der Waals surface area contributed by atoms with Gasteiger partial charge < -0.3 is 10.3 Å². The molecule has 2 aromatic carbocycles. The standard InChI is InChI=1S/C19H16N4/c1-2-4-14(5-3-1)11-21-19-22-12-17(13-23-19)16-7-6-15-8-9-20-18(15)10-16/h1-10,12-13,20H,11H2,(H,21,22,23). The molecular weight excluding hydrogens is 284 g/mol. The lowest BCUT2D eigenvalue weighted by Crippen LogP contribution is -2.03. The quantitative estimate of drug-likeness (QED) is 0.593. The summed E-state index contributed by atoms with van der Waals surface area (Å²) in [5.74, 6) is 0.638. The van der Waals surface area contributed by atoms with Crippen LogP contribution in [0.3, 0.4) is 0 Å². The Morgan fingerprint density at radius 3 is 2.52 bits per heavy atom. The van der Waals surface area contributed by atoms with Crippen molar-refractivity contribution in [3.8, 4) is 11.1 Å². The highest BCUT2D eigenvalue weighted by Gasteiger charge is 2.03. The Bertz CT molecular complexity index is 911. The molecule has 4 rings (SSSR count). The molecule has 0 spiro atoms. The first kappa shape index (κ1) is 13.5. The second-order valence-corrected chi connectivity index (χ2v) is 5.41. The van der Waals surface area contributed by atoms with Gasteiger partial charge in [-0.15, -0.1) is 0 Å². The number of H-pyrrole nitrogens is 1. The SMILES string of the molecule is c1ccc(CNc2ncc(-c3ccc4cc[nH]c4c3)cn2)cc1. The van der Waals surface area contributed by atoms with Crippen molar-refractivity contribution in [3.05, 3.63) is 78.8 Å². The molecule has 0 saturated heterocycles. The van der Waals surface area contributed by atoms with Crippen LogP contribution in [0.5, 0.6) is 0 Å². The van der Waals surface area contributed by atoms with Crippen LogP contribution in [0.25, 0.3) is 22.0 Å². The zero-order chi connectivity index (χ0) is 15.5. The largest absolute Gasteiger partial charge is 0.361 e. The first-order valence-corrected chi connectivity index (χ1v) is 7.56. The number of nitrogens with one attached hydrogen (secondary N) is 2. The van der Waals surface area contributed by atoms with Gasteiger partial charge in [-0.1, -0.05) is 42.5 Å². The number of hydrogen-bond donors (Lipinski definition) is 2. The van der Waals surface area contributed by atoms with E-state index in [-0.39, 0.29) is 0 Å². The van der Waals surface area contributed by atoms with Crippen molar-refractivity contribution in [3.63, 3.8) is 0 Å². The third-order valence-electron chi connectivity index (χ3n) is 3.83. The minimum absolute atomic E-state index is 0.638. The molecule has 4 nitrogen and oxygen atoms in total. The number of aromatic amines is 1. The molecule has 0 bridgehead atoms. The third-order valence-corrected chi connectivity index (χ3v) is 3.83. The van der Waals surface area contributed by atoms with Crippen molar-refractivity contribution in [2.45, 2.75) is 6.54 Å². The number of anilines is 1. The molecule has 4 aromatic rings. The summed E-state index contributed by atoms with van der Waals surface area (Å²) < 4.78 is 0. The van der Waals surface area contributed by atoms with Gasteiger partial charge in [0.25, 0.3) is 0 Å². The van der Waals surface area contributed by atoms with Crippen molar-refractivity contribution in [2.24, 2.45) is 0 Å². The van der Waals surface area contributed by atoms with Gasteiger partial charge in [-0.2, -0.15) is 0 Å². The molecule has 0 fully saturated rings. The van der Waals surface area contributed by atoms with Crippen molar-refractivity contribution in [1.82, 2.24) is 15.0 Å². The Morgan fingerprint density at radius 2 is 1.70 bits per heavy atom. The molecule has 0 aliphatic rings. The van der Waals surface area contributed by atoms with E-state index >= 15 is 0 Å². The number of hydrogen-bond acceptors (Lipinski definition) is 3. The van der Waals surface area contributed by atoms with Gasteiger partial charge in [0.1, 0.15) is 0 Å². The van der Waals surface area contributed by atoms with Crippen LogP contribution in [0, 0.1) is 0 Å². The molecule has 0 unspecified atom stereocenters. The molecule has 0 radical (unpaired) electrons. The van der Waals surface area contributed by atoms with Gasteiger partial charge in [0.05, 0.1) is 0 Å². The number of fused-ring (bicyclic) bond motifs is 1. The lowest BCUT2D eigenvalue weighted by Gasteiger charge is -2.06. The van der Waals surface area contributed by atoms with Crippen molar-refractivity contribution in [2.75, 3.05) is 5.32 Å². The maximum atomic E-state index is 4.41. The second kappa shape index (κ2) is 5.93. The van der Waals surface area contributed by atoms with E-state index in [9.17, 15) is 0 Å². The number of nitrogens with zero attached hydrogens (tertiary/aromatic N) is 2. The molecule has 2 N–H and O–H groups in total. The van der Waals surface area contributed by atoms with Crippen LogP contribution in [0.15, 0.2) is 73.2 Å². The van der Waals surface area contributed by atoms with E-state index in [0.717, 1.165) is 16.6 Å². The Hall–Kier alpha value is -3.14. The smallest absolute Gasteiger partial charge is 0.222 e. The topological polar surface area (TPSA) is 53.6 Å². The van der Waals surface area contributed by atoms with E-state index < -0.39 is 0 Å². The van der Waals surface area contributed by atoms with E-state index in [2.05, 4.69) is 56.7 Å². The van der Waals surface area contributed by atoms with Crippen molar-refractivity contribution >= 4 is 16.9 Å². The fraction of sp³-hybridized carbons (Fsp3) is 0.0526. The van der Waals surface area contributed by atoms with Crippen LogP contribution < -0.4 is 5.32 Å². The zero-order valence-electron chi connectivity index (χ0n) is 12.5. The highest BCUT2D eigenvalue weighted by molar-refractivity contribution is 5.84. The fourth-order valence-corrected chi connectivity index (χ4v) is 2.57. The average molecular weight is 300 g/mol. The number of rotatable bonds is 4. The van der Waals surface area contributed by atoms with Crippen LogP contribution in [-0.4, -0.2) is 15.0 Å². The van der Waals surface area contributed by atoms with Crippen LogP contribution in [0.1, 0.15) is 5.56 Å². The lowest BCUT2D eigenvalue weighted by molar-refractivity contribution is 1.06. The van der Waals surface area contributed by atoms with E-state index in [1.807, 2.05) is 36.8 Å². The Kier molecular flexibility index (Phi) is 3.48. The predicted molar refractivity (Wildman–Crippen MR) is 93.1 cm³/mol. The maximum Gasteiger partial charge on any atom is 0.222 e. The molecule has 2 aromatic heterocycles. The molecule has 0 saturated carbocycles. The number of aromatic nitrogens is 3. The molecule has 0 amide bonds. The first-order valence-electron chi connectivity index (χ1n) is 7.56. The highest BCUT2D eigenvalue weighted by Crippen LogP contribution is 2.23. The minimum atomic E-state index is 0.638. The summed E-state index contributed by atoms with van der Waals surface area (Å²) in [7, 11) is 0. The Morgan fingerprint density at radius 1 is 0.870 bits per heavy atom.